The Hall–Kier alpha value is -3.90. The molecule has 2 heterocycles. The molecule has 132 valence electrons. The van der Waals surface area contributed by atoms with Gasteiger partial charge in [0.1, 0.15) is 6.07 Å². The molecular weight excluding hydrogens is 342 g/mol. The topological polar surface area (TPSA) is 52.5 Å². The minimum atomic E-state index is 0.609. The van der Waals surface area contributed by atoms with E-state index in [1.165, 1.54) is 0 Å². The minimum Gasteiger partial charge on any atom is -0.358 e. The van der Waals surface area contributed by atoms with Crippen molar-refractivity contribution in [3.63, 3.8) is 0 Å². The molecule has 5 aromatic rings. The number of H-pyrrole nitrogens is 1. The third-order valence-electron chi connectivity index (χ3n) is 5.20. The Morgan fingerprint density at radius 1 is 0.786 bits per heavy atom. The average Bonchev–Trinajstić information content (AvgIpc) is 3.08. The fraction of sp³-hybridized carbons (Fsp3) is 0.0400. The van der Waals surface area contributed by atoms with Crippen LogP contribution < -0.4 is 0 Å². The molecule has 0 aliphatic carbocycles. The first-order valence-electron chi connectivity index (χ1n) is 9.24. The smallest absolute Gasteiger partial charge is 0.102 e. The summed E-state index contributed by atoms with van der Waals surface area (Å²) < 4.78 is 0. The molecule has 1 N–H and O–H groups in total. The maximum Gasteiger partial charge on any atom is 0.102 e. The number of pyridine rings is 1. The molecule has 0 amide bonds. The summed E-state index contributed by atoms with van der Waals surface area (Å²) in [5.74, 6) is 0. The van der Waals surface area contributed by atoms with Crippen LogP contribution in [0.15, 0.2) is 78.9 Å². The molecule has 3 heteroatoms. The monoisotopic (exact) mass is 359 g/mol. The summed E-state index contributed by atoms with van der Waals surface area (Å²) in [5.41, 5.74) is 7.25. The Morgan fingerprint density at radius 3 is 2.25 bits per heavy atom. The van der Waals surface area contributed by atoms with Gasteiger partial charge in [-0.25, -0.2) is 4.98 Å². The van der Waals surface area contributed by atoms with Crippen LogP contribution in [0.4, 0.5) is 0 Å². The van der Waals surface area contributed by atoms with Gasteiger partial charge in [0.05, 0.1) is 16.8 Å². The highest BCUT2D eigenvalue weighted by atomic mass is 14.8. The van der Waals surface area contributed by atoms with Gasteiger partial charge in [-0.3, -0.25) is 0 Å². The first-order valence-corrected chi connectivity index (χ1v) is 9.24. The number of para-hydroxylation sites is 2. The second-order valence-electron chi connectivity index (χ2n) is 6.88. The highest BCUT2D eigenvalue weighted by Gasteiger charge is 2.21. The normalized spacial score (nSPS) is 11.0. The van der Waals surface area contributed by atoms with E-state index in [0.717, 1.165) is 49.9 Å². The zero-order chi connectivity index (χ0) is 19.1. The molecule has 0 aliphatic heterocycles. The van der Waals surface area contributed by atoms with Crippen molar-refractivity contribution in [2.75, 3.05) is 0 Å². The van der Waals surface area contributed by atoms with Crippen LogP contribution in [0, 0.1) is 18.3 Å². The molecule has 0 aliphatic rings. The fourth-order valence-electron chi connectivity index (χ4n) is 3.99. The lowest BCUT2D eigenvalue weighted by Gasteiger charge is -2.14. The number of fused-ring (bicyclic) bond motifs is 2. The van der Waals surface area contributed by atoms with Gasteiger partial charge < -0.3 is 4.98 Å². The molecule has 3 aromatic carbocycles. The van der Waals surface area contributed by atoms with Crippen LogP contribution in [0.3, 0.4) is 0 Å². The number of hydrogen-bond acceptors (Lipinski definition) is 2. The number of aromatic nitrogens is 2. The predicted molar refractivity (Wildman–Crippen MR) is 114 cm³/mol. The van der Waals surface area contributed by atoms with Crippen molar-refractivity contribution in [3.8, 4) is 28.5 Å². The Bertz CT molecular complexity index is 1370. The van der Waals surface area contributed by atoms with Gasteiger partial charge in [0.2, 0.25) is 0 Å². The van der Waals surface area contributed by atoms with Crippen LogP contribution in [0.1, 0.15) is 11.3 Å². The highest BCUT2D eigenvalue weighted by Crippen LogP contribution is 2.39. The van der Waals surface area contributed by atoms with Gasteiger partial charge in [-0.05, 0) is 24.6 Å². The number of rotatable bonds is 2. The van der Waals surface area contributed by atoms with Crippen molar-refractivity contribution in [3.05, 3.63) is 90.1 Å². The Kier molecular flexibility index (Phi) is 3.70. The molecule has 3 nitrogen and oxygen atoms in total. The average molecular weight is 359 g/mol. The summed E-state index contributed by atoms with van der Waals surface area (Å²) in [6.07, 6.45) is 0. The van der Waals surface area contributed by atoms with Crippen molar-refractivity contribution >= 4 is 21.8 Å². The van der Waals surface area contributed by atoms with Crippen molar-refractivity contribution in [2.45, 2.75) is 6.92 Å². The molecular formula is C25H17N3. The van der Waals surface area contributed by atoms with E-state index in [4.69, 9.17) is 4.98 Å². The molecule has 5 rings (SSSR count). The number of nitrogens with one attached hydrogen (secondary N) is 1. The maximum absolute atomic E-state index is 10.2. The number of benzene rings is 3. The second-order valence-corrected chi connectivity index (χ2v) is 6.88. The van der Waals surface area contributed by atoms with E-state index >= 15 is 0 Å². The van der Waals surface area contributed by atoms with E-state index in [1.807, 2.05) is 61.5 Å². The summed E-state index contributed by atoms with van der Waals surface area (Å²) in [7, 11) is 0. The quantitative estimate of drug-likeness (QED) is 0.406. The molecule has 0 saturated heterocycles. The number of nitriles is 1. The summed E-state index contributed by atoms with van der Waals surface area (Å²) in [4.78, 5) is 8.38. The van der Waals surface area contributed by atoms with Gasteiger partial charge >= 0.3 is 0 Å². The summed E-state index contributed by atoms with van der Waals surface area (Å²) in [5, 5.41) is 12.3. The minimum absolute atomic E-state index is 0.609. The zero-order valence-electron chi connectivity index (χ0n) is 15.4. The van der Waals surface area contributed by atoms with E-state index in [-0.39, 0.29) is 0 Å². The van der Waals surface area contributed by atoms with Crippen LogP contribution in [0.2, 0.25) is 0 Å². The molecule has 0 radical (unpaired) electrons. The first-order chi connectivity index (χ1) is 13.8. The van der Waals surface area contributed by atoms with Crippen molar-refractivity contribution in [2.24, 2.45) is 0 Å². The van der Waals surface area contributed by atoms with E-state index in [9.17, 15) is 5.26 Å². The largest absolute Gasteiger partial charge is 0.358 e. The highest BCUT2D eigenvalue weighted by molar-refractivity contribution is 6.05. The van der Waals surface area contributed by atoms with Gasteiger partial charge in [0.15, 0.2) is 0 Å². The maximum atomic E-state index is 10.2. The zero-order valence-corrected chi connectivity index (χ0v) is 15.4. The molecule has 28 heavy (non-hydrogen) atoms. The SMILES string of the molecule is Cc1[nH]c2ccccc2c1-c1nc2ccccc2c(-c2ccccc2)c1C#N. The van der Waals surface area contributed by atoms with E-state index in [1.54, 1.807) is 0 Å². The lowest BCUT2D eigenvalue weighted by atomic mass is 9.92. The first kappa shape index (κ1) is 16.3. The summed E-state index contributed by atoms with van der Waals surface area (Å²) in [6, 6.07) is 28.7. The third-order valence-corrected chi connectivity index (χ3v) is 5.20. The van der Waals surface area contributed by atoms with Gasteiger partial charge in [0, 0.05) is 33.1 Å². The molecule has 0 bridgehead atoms. The van der Waals surface area contributed by atoms with Crippen molar-refractivity contribution in [1.82, 2.24) is 9.97 Å². The number of hydrogen-bond donors (Lipinski definition) is 1. The lowest BCUT2D eigenvalue weighted by Crippen LogP contribution is -1.97. The third kappa shape index (κ3) is 2.39. The molecule has 2 aromatic heterocycles. The number of nitrogens with zero attached hydrogens (tertiary/aromatic N) is 2. The Balaban J connectivity index is 1.96. The summed E-state index contributed by atoms with van der Waals surface area (Å²) in [6.45, 7) is 2.04. The standard InChI is InChI=1S/C25H17N3/c1-16-23(18-11-5-7-13-21(18)27-16)25-20(15-26)24(17-9-3-2-4-10-17)19-12-6-8-14-22(19)28-25/h2-14,27H,1H3. The van der Waals surface area contributed by atoms with E-state index in [2.05, 4.69) is 35.3 Å². The van der Waals surface area contributed by atoms with Gasteiger partial charge in [-0.1, -0.05) is 66.7 Å². The second kappa shape index (κ2) is 6.37. The number of aryl methyl sites for hydroxylation is 1. The van der Waals surface area contributed by atoms with Crippen LogP contribution in [-0.4, -0.2) is 9.97 Å². The van der Waals surface area contributed by atoms with E-state index < -0.39 is 0 Å². The van der Waals surface area contributed by atoms with Gasteiger partial charge in [-0.15, -0.1) is 0 Å². The van der Waals surface area contributed by atoms with Crippen molar-refractivity contribution < 1.29 is 0 Å². The van der Waals surface area contributed by atoms with Crippen LogP contribution in [0.25, 0.3) is 44.2 Å². The molecule has 0 unspecified atom stereocenters. The van der Waals surface area contributed by atoms with Crippen LogP contribution >= 0.6 is 0 Å². The molecule has 0 spiro atoms. The van der Waals surface area contributed by atoms with Crippen LogP contribution in [0.5, 0.6) is 0 Å². The van der Waals surface area contributed by atoms with E-state index in [0.29, 0.717) is 5.56 Å². The fourth-order valence-corrected chi connectivity index (χ4v) is 3.99. The molecule has 0 saturated carbocycles. The molecule has 0 fully saturated rings. The Labute approximate surface area is 162 Å². The van der Waals surface area contributed by atoms with Crippen molar-refractivity contribution in [1.29, 1.82) is 5.26 Å². The summed E-state index contributed by atoms with van der Waals surface area (Å²) >= 11 is 0. The lowest BCUT2D eigenvalue weighted by molar-refractivity contribution is 1.28. The number of aromatic amines is 1. The Morgan fingerprint density at radius 2 is 1.46 bits per heavy atom. The van der Waals surface area contributed by atoms with Crippen LogP contribution in [-0.2, 0) is 0 Å². The predicted octanol–water partition coefficient (Wildman–Crippen LogP) is 6.23. The van der Waals surface area contributed by atoms with Gasteiger partial charge in [0.25, 0.3) is 0 Å². The molecule has 0 atom stereocenters. The van der Waals surface area contributed by atoms with Gasteiger partial charge in [-0.2, -0.15) is 5.26 Å².